The summed E-state index contributed by atoms with van der Waals surface area (Å²) >= 11 is 0. The summed E-state index contributed by atoms with van der Waals surface area (Å²) in [7, 11) is 0. The Morgan fingerprint density at radius 2 is 1.90 bits per heavy atom. The molecule has 2 rings (SSSR count). The van der Waals surface area contributed by atoms with Crippen LogP contribution in [0.1, 0.15) is 0 Å². The first-order valence-corrected chi connectivity index (χ1v) is 6.13. The molecule has 0 amide bonds. The zero-order valence-corrected chi connectivity index (χ0v) is 10.8. The van der Waals surface area contributed by atoms with Crippen molar-refractivity contribution in [3.8, 4) is 5.75 Å². The lowest BCUT2D eigenvalue weighted by Gasteiger charge is -2.09. The molecule has 2 aromatic carbocycles. The smallest absolute Gasteiger partial charge is 0.314 e. The van der Waals surface area contributed by atoms with E-state index >= 15 is 0 Å². The lowest BCUT2D eigenvalue weighted by molar-refractivity contribution is -0.383. The standard InChI is InChI=1S/C14H15N3O3/c15-12-7-4-8-13(14(12)17(18)19)16-9-10-20-11-5-2-1-3-6-11/h1-8,16H,9-10,15H2. The van der Waals surface area contributed by atoms with Crippen LogP contribution in [0.5, 0.6) is 5.75 Å². The van der Waals surface area contributed by atoms with E-state index in [-0.39, 0.29) is 11.4 Å². The molecule has 0 aliphatic heterocycles. The normalized spacial score (nSPS) is 10.0. The van der Waals surface area contributed by atoms with E-state index in [1.54, 1.807) is 12.1 Å². The molecule has 0 atom stereocenters. The molecular weight excluding hydrogens is 258 g/mol. The van der Waals surface area contributed by atoms with Crippen molar-refractivity contribution in [1.29, 1.82) is 0 Å². The van der Waals surface area contributed by atoms with E-state index < -0.39 is 4.92 Å². The molecule has 0 bridgehead atoms. The van der Waals surface area contributed by atoms with Crippen LogP contribution in [0.2, 0.25) is 0 Å². The fourth-order valence-corrected chi connectivity index (χ4v) is 1.78. The minimum Gasteiger partial charge on any atom is -0.492 e. The highest BCUT2D eigenvalue weighted by Crippen LogP contribution is 2.30. The van der Waals surface area contributed by atoms with Gasteiger partial charge in [0.1, 0.15) is 23.7 Å². The van der Waals surface area contributed by atoms with Crippen LogP contribution in [0.25, 0.3) is 0 Å². The van der Waals surface area contributed by atoms with Crippen molar-refractivity contribution in [1.82, 2.24) is 0 Å². The monoisotopic (exact) mass is 273 g/mol. The van der Waals surface area contributed by atoms with Crippen LogP contribution in [0.4, 0.5) is 17.1 Å². The minimum atomic E-state index is -0.490. The van der Waals surface area contributed by atoms with E-state index in [4.69, 9.17) is 10.5 Å². The second kappa shape index (κ2) is 6.42. The number of ether oxygens (including phenoxy) is 1. The second-order valence-corrected chi connectivity index (χ2v) is 4.09. The molecule has 0 saturated carbocycles. The van der Waals surface area contributed by atoms with Crippen molar-refractivity contribution in [2.24, 2.45) is 0 Å². The maximum Gasteiger partial charge on any atom is 0.314 e. The molecule has 0 spiro atoms. The van der Waals surface area contributed by atoms with E-state index in [9.17, 15) is 10.1 Å². The van der Waals surface area contributed by atoms with Gasteiger partial charge in [-0.15, -0.1) is 0 Å². The Morgan fingerprint density at radius 1 is 1.15 bits per heavy atom. The van der Waals surface area contributed by atoms with Crippen LogP contribution in [-0.2, 0) is 0 Å². The third-order valence-electron chi connectivity index (χ3n) is 2.68. The third-order valence-corrected chi connectivity index (χ3v) is 2.68. The molecule has 104 valence electrons. The van der Waals surface area contributed by atoms with Crippen molar-refractivity contribution < 1.29 is 9.66 Å². The van der Waals surface area contributed by atoms with Gasteiger partial charge in [-0.3, -0.25) is 10.1 Å². The SMILES string of the molecule is Nc1cccc(NCCOc2ccccc2)c1[N+](=O)[O-]. The van der Waals surface area contributed by atoms with Crippen molar-refractivity contribution >= 4 is 17.1 Å². The van der Waals surface area contributed by atoms with E-state index in [1.807, 2.05) is 30.3 Å². The summed E-state index contributed by atoms with van der Waals surface area (Å²) in [5.41, 5.74) is 6.04. The molecule has 0 radical (unpaired) electrons. The van der Waals surface area contributed by atoms with Gasteiger partial charge < -0.3 is 15.8 Å². The van der Waals surface area contributed by atoms with Gasteiger partial charge in [0, 0.05) is 6.54 Å². The predicted octanol–water partition coefficient (Wildman–Crippen LogP) is 2.67. The van der Waals surface area contributed by atoms with Crippen LogP contribution >= 0.6 is 0 Å². The number of para-hydroxylation sites is 2. The Balaban J connectivity index is 1.92. The van der Waals surface area contributed by atoms with E-state index in [0.29, 0.717) is 18.8 Å². The summed E-state index contributed by atoms with van der Waals surface area (Å²) in [5, 5.41) is 13.9. The fraction of sp³-hybridized carbons (Fsp3) is 0.143. The van der Waals surface area contributed by atoms with Crippen molar-refractivity contribution in [3.05, 3.63) is 58.6 Å². The number of nitro groups is 1. The number of rotatable bonds is 6. The van der Waals surface area contributed by atoms with Crippen LogP contribution < -0.4 is 15.8 Å². The second-order valence-electron chi connectivity index (χ2n) is 4.09. The zero-order valence-electron chi connectivity index (χ0n) is 10.8. The topological polar surface area (TPSA) is 90.4 Å². The molecule has 0 saturated heterocycles. The van der Waals surface area contributed by atoms with E-state index in [0.717, 1.165) is 5.75 Å². The van der Waals surface area contributed by atoms with Crippen LogP contribution in [0, 0.1) is 10.1 Å². The van der Waals surface area contributed by atoms with Gasteiger partial charge in [-0.05, 0) is 24.3 Å². The maximum atomic E-state index is 11.0. The molecular formula is C14H15N3O3. The molecule has 6 heteroatoms. The first-order chi connectivity index (χ1) is 9.68. The number of hydrogen-bond acceptors (Lipinski definition) is 5. The molecule has 2 aromatic rings. The van der Waals surface area contributed by atoms with Crippen LogP contribution in [0.15, 0.2) is 48.5 Å². The highest BCUT2D eigenvalue weighted by molar-refractivity contribution is 5.74. The number of nitrogen functional groups attached to an aromatic ring is 1. The van der Waals surface area contributed by atoms with E-state index in [2.05, 4.69) is 5.32 Å². The fourth-order valence-electron chi connectivity index (χ4n) is 1.78. The summed E-state index contributed by atoms with van der Waals surface area (Å²) in [6, 6.07) is 14.2. The third kappa shape index (κ3) is 3.38. The Morgan fingerprint density at radius 3 is 2.60 bits per heavy atom. The van der Waals surface area contributed by atoms with Crippen molar-refractivity contribution in [3.63, 3.8) is 0 Å². The number of nitro benzene ring substituents is 1. The highest BCUT2D eigenvalue weighted by Gasteiger charge is 2.16. The summed E-state index contributed by atoms with van der Waals surface area (Å²) in [6.45, 7) is 0.842. The largest absolute Gasteiger partial charge is 0.492 e. The van der Waals surface area contributed by atoms with Gasteiger partial charge in [-0.1, -0.05) is 24.3 Å². The highest BCUT2D eigenvalue weighted by atomic mass is 16.6. The van der Waals surface area contributed by atoms with Gasteiger partial charge in [0.05, 0.1) is 4.92 Å². The van der Waals surface area contributed by atoms with Crippen molar-refractivity contribution in [2.75, 3.05) is 24.2 Å². The van der Waals surface area contributed by atoms with Gasteiger partial charge in [0.2, 0.25) is 0 Å². The summed E-state index contributed by atoms with van der Waals surface area (Å²) in [4.78, 5) is 10.5. The quantitative estimate of drug-likeness (QED) is 0.365. The van der Waals surface area contributed by atoms with Crippen LogP contribution in [-0.4, -0.2) is 18.1 Å². The van der Waals surface area contributed by atoms with Gasteiger partial charge in [-0.2, -0.15) is 0 Å². The summed E-state index contributed by atoms with van der Waals surface area (Å²) < 4.78 is 5.49. The summed E-state index contributed by atoms with van der Waals surface area (Å²) in [5.74, 6) is 0.761. The lowest BCUT2D eigenvalue weighted by Crippen LogP contribution is -2.13. The predicted molar refractivity (Wildman–Crippen MR) is 77.9 cm³/mol. The Bertz CT molecular complexity index is 587. The number of nitrogens with two attached hydrogens (primary N) is 1. The van der Waals surface area contributed by atoms with Gasteiger partial charge in [0.15, 0.2) is 0 Å². The lowest BCUT2D eigenvalue weighted by atomic mass is 10.2. The average molecular weight is 273 g/mol. The number of hydrogen-bond donors (Lipinski definition) is 2. The molecule has 0 aliphatic rings. The first-order valence-electron chi connectivity index (χ1n) is 6.13. The first kappa shape index (κ1) is 13.7. The zero-order chi connectivity index (χ0) is 14.4. The molecule has 0 unspecified atom stereocenters. The number of anilines is 2. The number of benzene rings is 2. The van der Waals surface area contributed by atoms with Gasteiger partial charge in [-0.25, -0.2) is 0 Å². The summed E-state index contributed by atoms with van der Waals surface area (Å²) in [6.07, 6.45) is 0. The molecule has 20 heavy (non-hydrogen) atoms. The molecule has 0 fully saturated rings. The Labute approximate surface area is 116 Å². The molecule has 3 N–H and O–H groups in total. The van der Waals surface area contributed by atoms with Gasteiger partial charge in [0.25, 0.3) is 0 Å². The Kier molecular flexibility index (Phi) is 4.39. The van der Waals surface area contributed by atoms with Crippen molar-refractivity contribution in [2.45, 2.75) is 0 Å². The number of nitrogens with one attached hydrogen (secondary N) is 1. The molecule has 6 nitrogen and oxygen atoms in total. The maximum absolute atomic E-state index is 11.0. The minimum absolute atomic E-state index is 0.104. The molecule has 0 aliphatic carbocycles. The van der Waals surface area contributed by atoms with Gasteiger partial charge >= 0.3 is 5.69 Å². The van der Waals surface area contributed by atoms with Crippen LogP contribution in [0.3, 0.4) is 0 Å². The van der Waals surface area contributed by atoms with E-state index in [1.165, 1.54) is 6.07 Å². The average Bonchev–Trinajstić information content (AvgIpc) is 2.44. The Hall–Kier alpha value is -2.76. The number of nitrogens with zero attached hydrogens (tertiary/aromatic N) is 1. The molecule has 0 heterocycles. The molecule has 0 aromatic heterocycles.